The van der Waals surface area contributed by atoms with E-state index in [1.54, 1.807) is 7.11 Å². The summed E-state index contributed by atoms with van der Waals surface area (Å²) in [5, 5.41) is 13.0. The second kappa shape index (κ2) is 6.00. The van der Waals surface area contributed by atoms with Gasteiger partial charge in [0.05, 0.1) is 12.2 Å². The summed E-state index contributed by atoms with van der Waals surface area (Å²) in [6.45, 7) is 4.78. The van der Waals surface area contributed by atoms with Crippen molar-refractivity contribution in [2.45, 2.75) is 63.1 Å². The van der Waals surface area contributed by atoms with Crippen molar-refractivity contribution >= 4 is 5.97 Å². The molecule has 0 aromatic carbocycles. The summed E-state index contributed by atoms with van der Waals surface area (Å²) in [6.07, 6.45) is 4.89. The highest BCUT2D eigenvalue weighted by molar-refractivity contribution is 5.80. The molecule has 2 fully saturated rings. The predicted molar refractivity (Wildman–Crippen MR) is 75.8 cm³/mol. The topological polar surface area (TPSA) is 67.8 Å². The maximum absolute atomic E-state index is 11.7. The minimum atomic E-state index is -0.877. The molecule has 0 aliphatic heterocycles. The Balaban J connectivity index is 1.85. The van der Waals surface area contributed by atoms with Crippen LogP contribution in [0.2, 0.25) is 0 Å². The predicted octanol–water partition coefficient (Wildman–Crippen LogP) is 1.80. The smallest absolute Gasteiger partial charge is 0.326 e. The number of aliphatic carboxylic acids is 1. The molecule has 0 bridgehead atoms. The highest BCUT2D eigenvalue weighted by atomic mass is 16.5. The Hall–Kier alpha value is -0.650. The number of rotatable bonds is 10. The van der Waals surface area contributed by atoms with E-state index < -0.39 is 11.5 Å². The largest absolute Gasteiger partial charge is 0.480 e. The lowest BCUT2D eigenvalue weighted by atomic mass is 9.94. The van der Waals surface area contributed by atoms with Crippen LogP contribution in [0.3, 0.4) is 0 Å². The zero-order valence-corrected chi connectivity index (χ0v) is 12.8. The van der Waals surface area contributed by atoms with Gasteiger partial charge in [-0.3, -0.25) is 10.1 Å². The van der Waals surface area contributed by atoms with Crippen molar-refractivity contribution in [1.29, 1.82) is 0 Å². The lowest BCUT2D eigenvalue weighted by molar-refractivity contribution is -0.149. The minimum absolute atomic E-state index is 0.219. The number of nitrogens with one attached hydrogen (secondary N) is 1. The van der Waals surface area contributed by atoms with Crippen molar-refractivity contribution in [2.24, 2.45) is 5.92 Å². The van der Waals surface area contributed by atoms with E-state index in [1.165, 1.54) is 0 Å². The Labute approximate surface area is 121 Å². The van der Waals surface area contributed by atoms with Crippen LogP contribution >= 0.6 is 0 Å². The quantitative estimate of drug-likeness (QED) is 0.599. The molecule has 0 heterocycles. The standard InChI is InChI=1S/C15H27NO4/c1-14(2,19-3)8-9-20-10-15(13(17)18,11-4-5-11)16-12-6-7-12/h11-12,16H,4-10H2,1-3H3,(H,17,18). The van der Waals surface area contributed by atoms with Crippen molar-refractivity contribution in [3.8, 4) is 0 Å². The van der Waals surface area contributed by atoms with Gasteiger partial charge >= 0.3 is 5.97 Å². The second-order valence-corrected chi connectivity index (χ2v) is 6.74. The fourth-order valence-electron chi connectivity index (χ4n) is 2.40. The number of methoxy groups -OCH3 is 1. The third-order valence-corrected chi connectivity index (χ3v) is 4.43. The molecule has 0 spiro atoms. The molecule has 0 aromatic rings. The van der Waals surface area contributed by atoms with Gasteiger partial charge in [0.15, 0.2) is 0 Å². The highest BCUT2D eigenvalue weighted by Gasteiger charge is 2.53. The van der Waals surface area contributed by atoms with Gasteiger partial charge < -0.3 is 14.6 Å². The number of carbonyl (C=O) groups is 1. The van der Waals surface area contributed by atoms with Crippen LogP contribution in [-0.4, -0.2) is 48.6 Å². The van der Waals surface area contributed by atoms with Gasteiger partial charge in [-0.15, -0.1) is 0 Å². The van der Waals surface area contributed by atoms with Gasteiger partial charge in [0.1, 0.15) is 5.54 Å². The summed E-state index contributed by atoms with van der Waals surface area (Å²) in [5.41, 5.74) is -1.10. The molecule has 0 amide bonds. The van der Waals surface area contributed by atoms with Crippen molar-refractivity contribution in [3.63, 3.8) is 0 Å². The van der Waals surface area contributed by atoms with Crippen molar-refractivity contribution < 1.29 is 19.4 Å². The number of carboxylic acids is 1. The summed E-state index contributed by atoms with van der Waals surface area (Å²) in [5.74, 6) is -0.547. The summed E-state index contributed by atoms with van der Waals surface area (Å²) < 4.78 is 11.0. The van der Waals surface area contributed by atoms with E-state index in [2.05, 4.69) is 5.32 Å². The van der Waals surface area contributed by atoms with Gasteiger partial charge in [-0.05, 0) is 51.9 Å². The van der Waals surface area contributed by atoms with Gasteiger partial charge in [0.25, 0.3) is 0 Å². The normalized spacial score (nSPS) is 22.6. The number of hydrogen-bond acceptors (Lipinski definition) is 4. The first-order chi connectivity index (χ1) is 9.39. The first-order valence-corrected chi connectivity index (χ1v) is 7.53. The van der Waals surface area contributed by atoms with E-state index in [4.69, 9.17) is 9.47 Å². The molecule has 2 aliphatic carbocycles. The summed E-state index contributed by atoms with van der Waals surface area (Å²) in [6, 6.07) is 0.366. The third kappa shape index (κ3) is 3.93. The Morgan fingerprint density at radius 3 is 2.40 bits per heavy atom. The molecule has 116 valence electrons. The molecule has 0 radical (unpaired) electrons. The lowest BCUT2D eigenvalue weighted by Gasteiger charge is -2.31. The number of hydrogen-bond donors (Lipinski definition) is 2. The molecule has 5 nitrogen and oxygen atoms in total. The first kappa shape index (κ1) is 15.7. The van der Waals surface area contributed by atoms with E-state index in [-0.39, 0.29) is 18.1 Å². The van der Waals surface area contributed by atoms with Crippen LogP contribution < -0.4 is 5.32 Å². The number of carboxylic acid groups (broad SMARTS) is 1. The van der Waals surface area contributed by atoms with Gasteiger partial charge in [-0.1, -0.05) is 0 Å². The number of ether oxygens (including phenoxy) is 2. The molecule has 1 unspecified atom stereocenters. The Bertz CT molecular complexity index is 350. The summed E-state index contributed by atoms with van der Waals surface area (Å²) in [4.78, 5) is 11.7. The highest BCUT2D eigenvalue weighted by Crippen LogP contribution is 2.42. The van der Waals surface area contributed by atoms with E-state index in [1.807, 2.05) is 13.8 Å². The molecule has 20 heavy (non-hydrogen) atoms. The molecular weight excluding hydrogens is 258 g/mol. The molecule has 1 atom stereocenters. The van der Waals surface area contributed by atoms with Crippen LogP contribution in [-0.2, 0) is 14.3 Å². The van der Waals surface area contributed by atoms with Gasteiger partial charge in [0, 0.05) is 19.8 Å². The summed E-state index contributed by atoms with van der Waals surface area (Å²) >= 11 is 0. The second-order valence-electron chi connectivity index (χ2n) is 6.74. The zero-order valence-electron chi connectivity index (χ0n) is 12.8. The fraction of sp³-hybridized carbons (Fsp3) is 0.933. The SMILES string of the molecule is COC(C)(C)CCOCC(NC1CC1)(C(=O)O)C1CC1. The van der Waals surface area contributed by atoms with Crippen LogP contribution in [0.25, 0.3) is 0 Å². The molecule has 2 N–H and O–H groups in total. The fourth-order valence-corrected chi connectivity index (χ4v) is 2.40. The van der Waals surface area contributed by atoms with E-state index in [0.29, 0.717) is 12.6 Å². The maximum atomic E-state index is 11.7. The zero-order chi connectivity index (χ0) is 14.8. The monoisotopic (exact) mass is 285 g/mol. The van der Waals surface area contributed by atoms with E-state index in [0.717, 1.165) is 32.1 Å². The third-order valence-electron chi connectivity index (χ3n) is 4.43. The molecule has 2 saturated carbocycles. The Kier molecular flexibility index (Phi) is 4.72. The minimum Gasteiger partial charge on any atom is -0.480 e. The lowest BCUT2D eigenvalue weighted by Crippen LogP contribution is -2.58. The van der Waals surface area contributed by atoms with E-state index >= 15 is 0 Å². The van der Waals surface area contributed by atoms with Gasteiger partial charge in [-0.25, -0.2) is 0 Å². The average molecular weight is 285 g/mol. The molecular formula is C15H27NO4. The van der Waals surface area contributed by atoms with Crippen molar-refractivity contribution in [1.82, 2.24) is 5.32 Å². The van der Waals surface area contributed by atoms with Crippen LogP contribution in [0.5, 0.6) is 0 Å². The maximum Gasteiger partial charge on any atom is 0.326 e. The molecule has 0 aromatic heterocycles. The molecule has 0 saturated heterocycles. The van der Waals surface area contributed by atoms with Gasteiger partial charge in [-0.2, -0.15) is 0 Å². The molecule has 5 heteroatoms. The van der Waals surface area contributed by atoms with Gasteiger partial charge in [0.2, 0.25) is 0 Å². The van der Waals surface area contributed by atoms with Crippen molar-refractivity contribution in [2.75, 3.05) is 20.3 Å². The van der Waals surface area contributed by atoms with Crippen LogP contribution in [0.4, 0.5) is 0 Å². The molecule has 2 rings (SSSR count). The summed E-state index contributed by atoms with van der Waals surface area (Å²) in [7, 11) is 1.68. The van der Waals surface area contributed by atoms with Crippen LogP contribution in [0, 0.1) is 5.92 Å². The average Bonchev–Trinajstić information content (AvgIpc) is 3.25. The van der Waals surface area contributed by atoms with Crippen LogP contribution in [0.1, 0.15) is 46.0 Å². The molecule has 2 aliphatic rings. The van der Waals surface area contributed by atoms with E-state index in [9.17, 15) is 9.90 Å². The first-order valence-electron chi connectivity index (χ1n) is 7.53. The Morgan fingerprint density at radius 1 is 1.30 bits per heavy atom. The van der Waals surface area contributed by atoms with Crippen molar-refractivity contribution in [3.05, 3.63) is 0 Å². The Morgan fingerprint density at radius 2 is 1.95 bits per heavy atom. The van der Waals surface area contributed by atoms with Crippen LogP contribution in [0.15, 0.2) is 0 Å².